The Morgan fingerprint density at radius 1 is 1.33 bits per heavy atom. The minimum absolute atomic E-state index is 0.0419. The number of sulfonamides is 1. The molecule has 0 spiro atoms. The third-order valence-corrected chi connectivity index (χ3v) is 5.13. The SMILES string of the molecule is CC(=O)N1CCC(NS(=O)(=O)c2ccc3c(c2)OCO3)C1. The maximum atomic E-state index is 12.4. The lowest BCUT2D eigenvalue weighted by atomic mass is 10.3. The lowest BCUT2D eigenvalue weighted by molar-refractivity contribution is -0.127. The summed E-state index contributed by atoms with van der Waals surface area (Å²) in [5.41, 5.74) is 0. The minimum atomic E-state index is -3.64. The molecule has 0 radical (unpaired) electrons. The zero-order chi connectivity index (χ0) is 15.0. The zero-order valence-electron chi connectivity index (χ0n) is 11.5. The Balaban J connectivity index is 1.74. The van der Waals surface area contributed by atoms with Gasteiger partial charge in [-0.2, -0.15) is 0 Å². The van der Waals surface area contributed by atoms with E-state index in [1.165, 1.54) is 19.1 Å². The number of hydrogen-bond donors (Lipinski definition) is 1. The van der Waals surface area contributed by atoms with E-state index in [0.717, 1.165) is 0 Å². The maximum Gasteiger partial charge on any atom is 0.241 e. The molecule has 114 valence electrons. The number of benzene rings is 1. The van der Waals surface area contributed by atoms with E-state index >= 15 is 0 Å². The molecule has 1 saturated heterocycles. The quantitative estimate of drug-likeness (QED) is 0.868. The zero-order valence-corrected chi connectivity index (χ0v) is 12.4. The van der Waals surface area contributed by atoms with Gasteiger partial charge in [-0.05, 0) is 18.6 Å². The van der Waals surface area contributed by atoms with Crippen molar-refractivity contribution in [3.05, 3.63) is 18.2 Å². The van der Waals surface area contributed by atoms with Crippen LogP contribution in [0.25, 0.3) is 0 Å². The summed E-state index contributed by atoms with van der Waals surface area (Å²) in [6, 6.07) is 4.24. The van der Waals surface area contributed by atoms with Crippen molar-refractivity contribution in [2.75, 3.05) is 19.9 Å². The van der Waals surface area contributed by atoms with Crippen LogP contribution < -0.4 is 14.2 Å². The van der Waals surface area contributed by atoms with Gasteiger partial charge in [0.1, 0.15) is 0 Å². The van der Waals surface area contributed by atoms with Gasteiger partial charge in [0, 0.05) is 32.1 Å². The summed E-state index contributed by atoms with van der Waals surface area (Å²) in [5.74, 6) is 0.923. The van der Waals surface area contributed by atoms with Gasteiger partial charge in [-0.3, -0.25) is 4.79 Å². The summed E-state index contributed by atoms with van der Waals surface area (Å²) in [7, 11) is -3.64. The van der Waals surface area contributed by atoms with Crippen LogP contribution in [0, 0.1) is 0 Å². The second-order valence-corrected chi connectivity index (χ2v) is 6.80. The molecule has 1 N–H and O–H groups in total. The van der Waals surface area contributed by atoms with Gasteiger partial charge < -0.3 is 14.4 Å². The van der Waals surface area contributed by atoms with Crippen molar-refractivity contribution >= 4 is 15.9 Å². The van der Waals surface area contributed by atoms with Crippen molar-refractivity contribution < 1.29 is 22.7 Å². The Hall–Kier alpha value is -1.80. The summed E-state index contributed by atoms with van der Waals surface area (Å²) in [6.45, 7) is 2.56. The number of rotatable bonds is 3. The average Bonchev–Trinajstić information content (AvgIpc) is 3.05. The largest absolute Gasteiger partial charge is 0.454 e. The third kappa shape index (κ3) is 2.81. The van der Waals surface area contributed by atoms with Crippen molar-refractivity contribution in [3.63, 3.8) is 0 Å². The van der Waals surface area contributed by atoms with Crippen LogP contribution in [-0.2, 0) is 14.8 Å². The number of nitrogens with zero attached hydrogens (tertiary/aromatic N) is 1. The first-order valence-corrected chi connectivity index (χ1v) is 8.11. The van der Waals surface area contributed by atoms with Gasteiger partial charge in [0.15, 0.2) is 11.5 Å². The molecule has 3 rings (SSSR count). The number of hydrogen-bond acceptors (Lipinski definition) is 5. The fourth-order valence-corrected chi connectivity index (χ4v) is 3.75. The molecule has 21 heavy (non-hydrogen) atoms. The van der Waals surface area contributed by atoms with Crippen molar-refractivity contribution in [1.29, 1.82) is 0 Å². The molecule has 0 aromatic heterocycles. The molecule has 1 fully saturated rings. The molecule has 1 aromatic rings. The van der Waals surface area contributed by atoms with Crippen LogP contribution in [0.1, 0.15) is 13.3 Å². The monoisotopic (exact) mass is 312 g/mol. The van der Waals surface area contributed by atoms with E-state index in [1.54, 1.807) is 11.0 Å². The molecule has 1 unspecified atom stereocenters. The van der Waals surface area contributed by atoms with Crippen molar-refractivity contribution in [2.24, 2.45) is 0 Å². The lowest BCUT2D eigenvalue weighted by Crippen LogP contribution is -2.37. The van der Waals surface area contributed by atoms with Crippen molar-refractivity contribution in [1.82, 2.24) is 9.62 Å². The lowest BCUT2D eigenvalue weighted by Gasteiger charge is -2.15. The Labute approximate surface area is 122 Å². The number of fused-ring (bicyclic) bond motifs is 1. The summed E-state index contributed by atoms with van der Waals surface area (Å²) in [5, 5.41) is 0. The van der Waals surface area contributed by atoms with Crippen LogP contribution in [0.4, 0.5) is 0 Å². The first-order chi connectivity index (χ1) is 9.95. The first-order valence-electron chi connectivity index (χ1n) is 6.63. The predicted molar refractivity (Wildman–Crippen MR) is 73.5 cm³/mol. The number of nitrogens with one attached hydrogen (secondary N) is 1. The van der Waals surface area contributed by atoms with Gasteiger partial charge in [-0.1, -0.05) is 0 Å². The molecule has 2 heterocycles. The highest BCUT2D eigenvalue weighted by Crippen LogP contribution is 2.33. The summed E-state index contributed by atoms with van der Waals surface area (Å²) >= 11 is 0. The second-order valence-electron chi connectivity index (χ2n) is 5.09. The highest BCUT2D eigenvalue weighted by Gasteiger charge is 2.29. The van der Waals surface area contributed by atoms with E-state index in [0.29, 0.717) is 31.0 Å². The predicted octanol–water partition coefficient (Wildman–Crippen LogP) is 0.314. The van der Waals surface area contributed by atoms with Gasteiger partial charge in [0.05, 0.1) is 4.90 Å². The summed E-state index contributed by atoms with van der Waals surface area (Å²) in [4.78, 5) is 13.0. The summed E-state index contributed by atoms with van der Waals surface area (Å²) in [6.07, 6.45) is 0.614. The Morgan fingerprint density at radius 2 is 2.10 bits per heavy atom. The molecule has 1 atom stereocenters. The van der Waals surface area contributed by atoms with Crippen LogP contribution in [0.15, 0.2) is 23.1 Å². The van der Waals surface area contributed by atoms with E-state index in [2.05, 4.69) is 4.72 Å². The molecule has 2 aliphatic heterocycles. The van der Waals surface area contributed by atoms with Gasteiger partial charge in [-0.25, -0.2) is 13.1 Å². The molecule has 1 aromatic carbocycles. The number of likely N-dealkylation sites (tertiary alicyclic amines) is 1. The van der Waals surface area contributed by atoms with E-state index < -0.39 is 10.0 Å². The molecular formula is C13H16N2O5S. The standard InChI is InChI=1S/C13H16N2O5S/c1-9(16)15-5-4-10(7-15)14-21(17,18)11-2-3-12-13(6-11)20-8-19-12/h2-3,6,10,14H,4-5,7-8H2,1H3. The van der Waals surface area contributed by atoms with Crippen LogP contribution in [0.3, 0.4) is 0 Å². The highest BCUT2D eigenvalue weighted by atomic mass is 32.2. The Kier molecular flexibility index (Phi) is 3.50. The van der Waals surface area contributed by atoms with Gasteiger partial charge in [0.25, 0.3) is 0 Å². The topological polar surface area (TPSA) is 84.9 Å². The Morgan fingerprint density at radius 3 is 2.81 bits per heavy atom. The van der Waals surface area contributed by atoms with Crippen LogP contribution >= 0.6 is 0 Å². The normalized spacial score (nSPS) is 20.8. The number of amides is 1. The Bertz CT molecular complexity index is 673. The molecular weight excluding hydrogens is 296 g/mol. The average molecular weight is 312 g/mol. The van der Waals surface area contributed by atoms with E-state index in [4.69, 9.17) is 9.47 Å². The maximum absolute atomic E-state index is 12.4. The molecule has 7 nitrogen and oxygen atoms in total. The molecule has 8 heteroatoms. The molecule has 1 amide bonds. The van der Waals surface area contributed by atoms with Gasteiger partial charge in [0.2, 0.25) is 22.7 Å². The second kappa shape index (κ2) is 5.19. The molecule has 0 saturated carbocycles. The first kappa shape index (κ1) is 14.2. The van der Waals surface area contributed by atoms with Crippen molar-refractivity contribution in [2.45, 2.75) is 24.3 Å². The molecule has 0 bridgehead atoms. The minimum Gasteiger partial charge on any atom is -0.454 e. The number of carbonyl (C=O) groups excluding carboxylic acids is 1. The molecule has 0 aliphatic carbocycles. The number of ether oxygens (including phenoxy) is 2. The van der Waals surface area contributed by atoms with Gasteiger partial charge in [-0.15, -0.1) is 0 Å². The van der Waals surface area contributed by atoms with E-state index in [-0.39, 0.29) is 23.6 Å². The van der Waals surface area contributed by atoms with Crippen LogP contribution in [-0.4, -0.2) is 45.1 Å². The highest BCUT2D eigenvalue weighted by molar-refractivity contribution is 7.89. The van der Waals surface area contributed by atoms with Gasteiger partial charge >= 0.3 is 0 Å². The fourth-order valence-electron chi connectivity index (χ4n) is 2.47. The third-order valence-electron chi connectivity index (χ3n) is 3.61. The van der Waals surface area contributed by atoms with Crippen molar-refractivity contribution in [3.8, 4) is 11.5 Å². The fraction of sp³-hybridized carbons (Fsp3) is 0.462. The summed E-state index contributed by atoms with van der Waals surface area (Å²) < 4.78 is 37.7. The van der Waals surface area contributed by atoms with E-state index in [1.807, 2.05) is 0 Å². The molecule has 2 aliphatic rings. The number of carbonyl (C=O) groups is 1. The van der Waals surface area contributed by atoms with Crippen LogP contribution in [0.5, 0.6) is 11.5 Å². The smallest absolute Gasteiger partial charge is 0.241 e. The van der Waals surface area contributed by atoms with E-state index in [9.17, 15) is 13.2 Å². The van der Waals surface area contributed by atoms with Crippen LogP contribution in [0.2, 0.25) is 0 Å².